The lowest BCUT2D eigenvalue weighted by atomic mass is 10.1. The summed E-state index contributed by atoms with van der Waals surface area (Å²) in [4.78, 5) is 27.1. The zero-order valence-corrected chi connectivity index (χ0v) is 14.1. The van der Waals surface area contributed by atoms with Crippen LogP contribution >= 0.6 is 11.8 Å². The average molecular weight is 348 g/mol. The topological polar surface area (TPSA) is 67.9 Å². The monoisotopic (exact) mass is 348 g/mol. The van der Waals surface area contributed by atoms with Gasteiger partial charge in [0, 0.05) is 12.3 Å². The molecule has 1 atom stereocenters. The van der Waals surface area contributed by atoms with Gasteiger partial charge in [-0.1, -0.05) is 6.07 Å². The average Bonchev–Trinajstić information content (AvgIpc) is 3.32. The maximum atomic E-state index is 13.0. The van der Waals surface area contributed by atoms with E-state index in [1.165, 1.54) is 12.8 Å². The lowest BCUT2D eigenvalue weighted by molar-refractivity contribution is -0.124. The summed E-state index contributed by atoms with van der Waals surface area (Å²) in [5.41, 5.74) is 0.467. The van der Waals surface area contributed by atoms with E-state index in [-0.39, 0.29) is 11.8 Å². The SMILES string of the molecule is O=C(NCC1CC1)[C@@H]1CSCN1C(=O)c1cccc2c1OCCO2. The van der Waals surface area contributed by atoms with Crippen LogP contribution < -0.4 is 14.8 Å². The van der Waals surface area contributed by atoms with Gasteiger partial charge in [0.15, 0.2) is 11.5 Å². The zero-order valence-electron chi connectivity index (χ0n) is 13.3. The van der Waals surface area contributed by atoms with Crippen molar-refractivity contribution >= 4 is 23.6 Å². The van der Waals surface area contributed by atoms with Crippen molar-refractivity contribution in [3.05, 3.63) is 23.8 Å². The van der Waals surface area contributed by atoms with Crippen LogP contribution in [0, 0.1) is 5.92 Å². The maximum absolute atomic E-state index is 13.0. The summed E-state index contributed by atoms with van der Waals surface area (Å²) in [6.07, 6.45) is 2.38. The number of benzene rings is 1. The Morgan fingerprint density at radius 1 is 1.25 bits per heavy atom. The van der Waals surface area contributed by atoms with E-state index in [2.05, 4.69) is 5.32 Å². The van der Waals surface area contributed by atoms with Crippen LogP contribution in [0.4, 0.5) is 0 Å². The molecule has 0 radical (unpaired) electrons. The second-order valence-corrected chi connectivity index (χ2v) is 7.31. The van der Waals surface area contributed by atoms with Crippen LogP contribution in [0.2, 0.25) is 0 Å². The van der Waals surface area contributed by atoms with Crippen LogP contribution in [0.3, 0.4) is 0 Å². The number of carbonyl (C=O) groups is 2. The molecule has 0 unspecified atom stereocenters. The van der Waals surface area contributed by atoms with Crippen molar-refractivity contribution in [1.29, 1.82) is 0 Å². The van der Waals surface area contributed by atoms with Gasteiger partial charge in [-0.3, -0.25) is 9.59 Å². The summed E-state index contributed by atoms with van der Waals surface area (Å²) in [5, 5.41) is 2.98. The second kappa shape index (κ2) is 6.55. The molecule has 6 nitrogen and oxygen atoms in total. The molecule has 1 N–H and O–H groups in total. The van der Waals surface area contributed by atoms with Gasteiger partial charge < -0.3 is 19.7 Å². The third-order valence-electron chi connectivity index (χ3n) is 4.50. The zero-order chi connectivity index (χ0) is 16.5. The molecule has 1 aromatic carbocycles. The van der Waals surface area contributed by atoms with Crippen molar-refractivity contribution in [2.75, 3.05) is 31.4 Å². The number of carbonyl (C=O) groups excluding carboxylic acids is 2. The fourth-order valence-electron chi connectivity index (χ4n) is 2.94. The molecule has 2 amide bonds. The van der Waals surface area contributed by atoms with Crippen molar-refractivity contribution in [2.24, 2.45) is 5.92 Å². The molecule has 0 spiro atoms. The highest BCUT2D eigenvalue weighted by atomic mass is 32.2. The fraction of sp³-hybridized carbons (Fsp3) is 0.529. The van der Waals surface area contributed by atoms with Crippen LogP contribution in [-0.2, 0) is 4.79 Å². The number of nitrogens with zero attached hydrogens (tertiary/aromatic N) is 1. The minimum absolute atomic E-state index is 0.0535. The number of nitrogens with one attached hydrogen (secondary N) is 1. The lowest BCUT2D eigenvalue weighted by Crippen LogP contribution is -2.47. The standard InChI is InChI=1S/C17H20N2O4S/c20-16(18-8-11-4-5-11)13-9-24-10-19(13)17(21)12-2-1-3-14-15(12)23-7-6-22-14/h1-3,11,13H,4-10H2,(H,18,20)/t13-/m0/s1. The van der Waals surface area contributed by atoms with E-state index < -0.39 is 6.04 Å². The number of fused-ring (bicyclic) bond motifs is 1. The number of hydrogen-bond donors (Lipinski definition) is 1. The summed E-state index contributed by atoms with van der Waals surface area (Å²) in [6.45, 7) is 1.63. The Morgan fingerprint density at radius 2 is 2.08 bits per heavy atom. The molecule has 0 bridgehead atoms. The third kappa shape index (κ3) is 3.05. The van der Waals surface area contributed by atoms with Gasteiger partial charge in [-0.05, 0) is 30.9 Å². The van der Waals surface area contributed by atoms with Gasteiger partial charge in [0.1, 0.15) is 19.3 Å². The second-order valence-electron chi connectivity index (χ2n) is 6.31. The van der Waals surface area contributed by atoms with Crippen molar-refractivity contribution in [1.82, 2.24) is 10.2 Å². The molecule has 4 rings (SSSR count). The van der Waals surface area contributed by atoms with E-state index in [9.17, 15) is 9.59 Å². The maximum Gasteiger partial charge on any atom is 0.259 e. The number of amides is 2. The first kappa shape index (κ1) is 15.6. The first-order chi connectivity index (χ1) is 11.7. The highest BCUT2D eigenvalue weighted by Gasteiger charge is 2.37. The molecule has 7 heteroatoms. The number of rotatable bonds is 4. The molecule has 1 saturated carbocycles. The Kier molecular flexibility index (Phi) is 4.26. The Hall–Kier alpha value is -1.89. The highest BCUT2D eigenvalue weighted by Crippen LogP contribution is 2.36. The van der Waals surface area contributed by atoms with E-state index in [1.54, 1.807) is 34.9 Å². The van der Waals surface area contributed by atoms with Gasteiger partial charge in [-0.25, -0.2) is 0 Å². The highest BCUT2D eigenvalue weighted by molar-refractivity contribution is 7.99. The number of hydrogen-bond acceptors (Lipinski definition) is 5. The van der Waals surface area contributed by atoms with Crippen LogP contribution in [0.25, 0.3) is 0 Å². The minimum atomic E-state index is -0.415. The predicted molar refractivity (Wildman–Crippen MR) is 90.4 cm³/mol. The molecule has 2 heterocycles. The predicted octanol–water partition coefficient (Wildman–Crippen LogP) is 1.50. The molecule has 2 fully saturated rings. The van der Waals surface area contributed by atoms with Gasteiger partial charge in [-0.2, -0.15) is 0 Å². The van der Waals surface area contributed by atoms with Gasteiger partial charge >= 0.3 is 0 Å². The number of ether oxygens (including phenoxy) is 2. The van der Waals surface area contributed by atoms with Gasteiger partial charge in [0.05, 0.1) is 11.4 Å². The quantitative estimate of drug-likeness (QED) is 0.893. The number of para-hydroxylation sites is 1. The van der Waals surface area contributed by atoms with Crippen LogP contribution in [0.5, 0.6) is 11.5 Å². The Balaban J connectivity index is 1.51. The third-order valence-corrected chi connectivity index (χ3v) is 5.52. The molecule has 0 aromatic heterocycles. The summed E-state index contributed by atoms with van der Waals surface area (Å²) >= 11 is 1.60. The molecule has 1 aliphatic carbocycles. The largest absolute Gasteiger partial charge is 0.486 e. The summed E-state index contributed by atoms with van der Waals surface area (Å²) in [7, 11) is 0. The molecule has 1 saturated heterocycles. The molecular formula is C17H20N2O4S. The Labute approximate surface area is 144 Å². The van der Waals surface area contributed by atoms with Crippen molar-refractivity contribution in [3.8, 4) is 11.5 Å². The molecule has 128 valence electrons. The summed E-state index contributed by atoms with van der Waals surface area (Å²) in [5.74, 6) is 2.63. The van der Waals surface area contributed by atoms with Crippen LogP contribution in [0.15, 0.2) is 18.2 Å². The van der Waals surface area contributed by atoms with Crippen LogP contribution in [-0.4, -0.2) is 54.1 Å². The van der Waals surface area contributed by atoms with Crippen LogP contribution in [0.1, 0.15) is 23.2 Å². The van der Waals surface area contributed by atoms with E-state index in [4.69, 9.17) is 9.47 Å². The Morgan fingerprint density at radius 3 is 2.92 bits per heavy atom. The molecule has 1 aromatic rings. The summed E-state index contributed by atoms with van der Waals surface area (Å²) < 4.78 is 11.2. The molecule has 3 aliphatic rings. The smallest absolute Gasteiger partial charge is 0.259 e. The summed E-state index contributed by atoms with van der Waals surface area (Å²) in [6, 6.07) is 4.90. The first-order valence-corrected chi connectivity index (χ1v) is 9.44. The van der Waals surface area contributed by atoms with Crippen molar-refractivity contribution in [3.63, 3.8) is 0 Å². The van der Waals surface area contributed by atoms with Gasteiger partial charge in [0.25, 0.3) is 5.91 Å². The molecular weight excluding hydrogens is 328 g/mol. The van der Waals surface area contributed by atoms with E-state index in [0.717, 1.165) is 6.54 Å². The van der Waals surface area contributed by atoms with Gasteiger partial charge in [0.2, 0.25) is 5.91 Å². The fourth-order valence-corrected chi connectivity index (χ4v) is 4.10. The molecule has 2 aliphatic heterocycles. The van der Waals surface area contributed by atoms with Crippen molar-refractivity contribution in [2.45, 2.75) is 18.9 Å². The molecule has 24 heavy (non-hydrogen) atoms. The normalized spacial score (nSPS) is 22.3. The Bertz CT molecular complexity index is 662. The van der Waals surface area contributed by atoms with E-state index >= 15 is 0 Å². The number of thioether (sulfide) groups is 1. The van der Waals surface area contributed by atoms with E-state index in [0.29, 0.717) is 47.8 Å². The lowest BCUT2D eigenvalue weighted by Gasteiger charge is -2.26. The first-order valence-electron chi connectivity index (χ1n) is 8.29. The van der Waals surface area contributed by atoms with Crippen molar-refractivity contribution < 1.29 is 19.1 Å². The minimum Gasteiger partial charge on any atom is -0.486 e. The van der Waals surface area contributed by atoms with E-state index in [1.807, 2.05) is 0 Å². The van der Waals surface area contributed by atoms with Gasteiger partial charge in [-0.15, -0.1) is 11.8 Å².